The van der Waals surface area contributed by atoms with Crippen LogP contribution in [0.15, 0.2) is 12.3 Å². The Morgan fingerprint density at radius 2 is 2.06 bits per heavy atom. The van der Waals surface area contributed by atoms with Crippen molar-refractivity contribution in [3.63, 3.8) is 0 Å². The molecular weight excluding hydrogens is 226 g/mol. The third kappa shape index (κ3) is 2.45. The molecule has 0 radical (unpaired) electrons. The summed E-state index contributed by atoms with van der Waals surface area (Å²) in [4.78, 5) is 2.36. The van der Waals surface area contributed by atoms with E-state index in [1.54, 1.807) is 0 Å². The Balaban J connectivity index is 1.62. The number of rotatable bonds is 4. The molecule has 1 saturated carbocycles. The largest absolute Gasteiger partial charge is 0.395 e. The number of nitrogens with zero attached hydrogens (tertiary/aromatic N) is 3. The van der Waals surface area contributed by atoms with Gasteiger partial charge in [0.15, 0.2) is 0 Å². The second-order valence-corrected chi connectivity index (χ2v) is 5.67. The second-order valence-electron chi connectivity index (χ2n) is 5.67. The van der Waals surface area contributed by atoms with Crippen molar-refractivity contribution in [2.45, 2.75) is 57.2 Å². The quantitative estimate of drug-likeness (QED) is 0.887. The third-order valence-electron chi connectivity index (χ3n) is 4.44. The summed E-state index contributed by atoms with van der Waals surface area (Å²) in [6.07, 6.45) is 9.72. The minimum absolute atomic E-state index is 0.281. The molecular formula is C14H23N3O. The minimum atomic E-state index is 0.281. The standard InChI is InChI=1S/C14H23N3O/c18-11-14-6-3-8-16(14)10-12-7-9-17(15-12)13-4-1-2-5-13/h7,9,13-14,18H,1-6,8,10-11H2/t14-/m1/s1. The summed E-state index contributed by atoms with van der Waals surface area (Å²) in [7, 11) is 0. The predicted octanol–water partition coefficient (Wildman–Crippen LogP) is 1.95. The van der Waals surface area contributed by atoms with Gasteiger partial charge in [-0.1, -0.05) is 12.8 Å². The molecule has 0 spiro atoms. The molecule has 0 aromatic carbocycles. The van der Waals surface area contributed by atoms with Crippen LogP contribution in [0.2, 0.25) is 0 Å². The fourth-order valence-electron chi connectivity index (χ4n) is 3.35. The number of aliphatic hydroxyl groups excluding tert-OH is 1. The van der Waals surface area contributed by atoms with Gasteiger partial charge in [-0.15, -0.1) is 0 Å². The van der Waals surface area contributed by atoms with Gasteiger partial charge in [0.25, 0.3) is 0 Å². The molecule has 18 heavy (non-hydrogen) atoms. The maximum Gasteiger partial charge on any atom is 0.0765 e. The van der Waals surface area contributed by atoms with Crippen molar-refractivity contribution < 1.29 is 5.11 Å². The average Bonchev–Trinajstić information content (AvgIpc) is 3.10. The molecule has 0 bridgehead atoms. The van der Waals surface area contributed by atoms with E-state index >= 15 is 0 Å². The van der Waals surface area contributed by atoms with Crippen molar-refractivity contribution >= 4 is 0 Å². The predicted molar refractivity (Wildman–Crippen MR) is 70.2 cm³/mol. The SMILES string of the molecule is OC[C@H]1CCCN1Cc1ccn(C2CCCC2)n1. The van der Waals surface area contributed by atoms with Crippen LogP contribution in [-0.4, -0.2) is 39.0 Å². The Bertz CT molecular complexity index is 384. The van der Waals surface area contributed by atoms with Crippen LogP contribution in [0.25, 0.3) is 0 Å². The van der Waals surface area contributed by atoms with E-state index in [2.05, 4.69) is 21.8 Å². The van der Waals surface area contributed by atoms with E-state index in [1.165, 1.54) is 32.1 Å². The Hall–Kier alpha value is -0.870. The van der Waals surface area contributed by atoms with E-state index in [0.717, 1.165) is 25.2 Å². The van der Waals surface area contributed by atoms with Gasteiger partial charge in [-0.25, -0.2) is 0 Å². The number of hydrogen-bond acceptors (Lipinski definition) is 3. The summed E-state index contributed by atoms with van der Waals surface area (Å²) >= 11 is 0. The molecule has 1 N–H and O–H groups in total. The highest BCUT2D eigenvalue weighted by Gasteiger charge is 2.24. The van der Waals surface area contributed by atoms with Crippen molar-refractivity contribution in [2.24, 2.45) is 0 Å². The van der Waals surface area contributed by atoms with Crippen LogP contribution in [0.5, 0.6) is 0 Å². The fraction of sp³-hybridized carbons (Fsp3) is 0.786. The monoisotopic (exact) mass is 249 g/mol. The molecule has 0 unspecified atom stereocenters. The lowest BCUT2D eigenvalue weighted by Crippen LogP contribution is -2.31. The Kier molecular flexibility index (Phi) is 3.66. The van der Waals surface area contributed by atoms with Crippen molar-refractivity contribution in [2.75, 3.05) is 13.2 Å². The summed E-state index contributed by atoms with van der Waals surface area (Å²) in [6, 6.07) is 3.12. The van der Waals surface area contributed by atoms with Gasteiger partial charge in [0.2, 0.25) is 0 Å². The van der Waals surface area contributed by atoms with Crippen molar-refractivity contribution in [3.05, 3.63) is 18.0 Å². The van der Waals surface area contributed by atoms with Gasteiger partial charge in [-0.05, 0) is 38.3 Å². The van der Waals surface area contributed by atoms with Gasteiger partial charge in [-0.3, -0.25) is 9.58 Å². The number of aliphatic hydroxyl groups is 1. The van der Waals surface area contributed by atoms with Crippen LogP contribution in [0.3, 0.4) is 0 Å². The smallest absolute Gasteiger partial charge is 0.0765 e. The molecule has 2 aliphatic rings. The average molecular weight is 249 g/mol. The first-order valence-electron chi connectivity index (χ1n) is 7.26. The highest BCUT2D eigenvalue weighted by molar-refractivity contribution is 5.01. The maximum atomic E-state index is 9.32. The zero-order valence-corrected chi connectivity index (χ0v) is 11.0. The van der Waals surface area contributed by atoms with Crippen LogP contribution < -0.4 is 0 Å². The van der Waals surface area contributed by atoms with E-state index in [4.69, 9.17) is 5.10 Å². The van der Waals surface area contributed by atoms with Crippen molar-refractivity contribution in [1.82, 2.24) is 14.7 Å². The van der Waals surface area contributed by atoms with Gasteiger partial charge in [0.1, 0.15) is 0 Å². The maximum absolute atomic E-state index is 9.32. The van der Waals surface area contributed by atoms with Crippen LogP contribution in [0.1, 0.15) is 50.3 Å². The molecule has 2 fully saturated rings. The van der Waals surface area contributed by atoms with E-state index in [9.17, 15) is 5.11 Å². The third-order valence-corrected chi connectivity index (χ3v) is 4.44. The topological polar surface area (TPSA) is 41.3 Å². The zero-order chi connectivity index (χ0) is 12.4. The minimum Gasteiger partial charge on any atom is -0.395 e. The molecule has 1 atom stereocenters. The van der Waals surface area contributed by atoms with Gasteiger partial charge >= 0.3 is 0 Å². The summed E-state index contributed by atoms with van der Waals surface area (Å²) in [6.45, 7) is 2.27. The highest BCUT2D eigenvalue weighted by Crippen LogP contribution is 2.29. The van der Waals surface area contributed by atoms with Crippen LogP contribution >= 0.6 is 0 Å². The number of aromatic nitrogens is 2. The van der Waals surface area contributed by atoms with Crippen LogP contribution in [-0.2, 0) is 6.54 Å². The Morgan fingerprint density at radius 1 is 1.22 bits per heavy atom. The summed E-state index contributed by atoms with van der Waals surface area (Å²) in [5.41, 5.74) is 1.15. The van der Waals surface area contributed by atoms with Crippen LogP contribution in [0.4, 0.5) is 0 Å². The lowest BCUT2D eigenvalue weighted by molar-refractivity contribution is 0.152. The summed E-state index contributed by atoms with van der Waals surface area (Å²) in [5.74, 6) is 0. The lowest BCUT2D eigenvalue weighted by Gasteiger charge is -2.21. The van der Waals surface area contributed by atoms with Gasteiger partial charge in [0.05, 0.1) is 18.3 Å². The number of hydrogen-bond donors (Lipinski definition) is 1. The Morgan fingerprint density at radius 3 is 2.83 bits per heavy atom. The summed E-state index contributed by atoms with van der Waals surface area (Å²) in [5, 5.41) is 14.0. The lowest BCUT2D eigenvalue weighted by atomic mass is 10.2. The first kappa shape index (κ1) is 12.2. The molecule has 1 aliphatic carbocycles. The fourth-order valence-corrected chi connectivity index (χ4v) is 3.35. The second kappa shape index (κ2) is 5.41. The molecule has 4 heteroatoms. The van der Waals surface area contributed by atoms with Gasteiger partial charge < -0.3 is 5.11 Å². The summed E-state index contributed by atoms with van der Waals surface area (Å²) < 4.78 is 2.16. The van der Waals surface area contributed by atoms with Crippen molar-refractivity contribution in [3.8, 4) is 0 Å². The Labute approximate surface area is 109 Å². The first-order valence-corrected chi connectivity index (χ1v) is 7.26. The molecule has 2 heterocycles. The molecule has 0 amide bonds. The molecule has 1 aromatic rings. The zero-order valence-electron chi connectivity index (χ0n) is 11.0. The van der Waals surface area contributed by atoms with E-state index in [-0.39, 0.29) is 6.61 Å². The molecule has 4 nitrogen and oxygen atoms in total. The van der Waals surface area contributed by atoms with E-state index < -0.39 is 0 Å². The van der Waals surface area contributed by atoms with E-state index in [1.807, 2.05) is 0 Å². The van der Waals surface area contributed by atoms with E-state index in [0.29, 0.717) is 12.1 Å². The van der Waals surface area contributed by atoms with Crippen LogP contribution in [0, 0.1) is 0 Å². The van der Waals surface area contributed by atoms with Gasteiger partial charge in [0, 0.05) is 18.8 Å². The molecule has 100 valence electrons. The van der Waals surface area contributed by atoms with Crippen molar-refractivity contribution in [1.29, 1.82) is 0 Å². The molecule has 1 saturated heterocycles. The molecule has 1 aromatic heterocycles. The molecule has 3 rings (SSSR count). The first-order chi connectivity index (χ1) is 8.86. The van der Waals surface area contributed by atoms with Gasteiger partial charge in [-0.2, -0.15) is 5.10 Å². The number of likely N-dealkylation sites (tertiary alicyclic amines) is 1. The molecule has 1 aliphatic heterocycles. The normalized spacial score (nSPS) is 26.2. The highest BCUT2D eigenvalue weighted by atomic mass is 16.3.